The molecule has 2 aliphatic rings. The molecular weight excluding hydrogens is 645 g/mol. The van der Waals surface area contributed by atoms with Gasteiger partial charge in [0, 0.05) is 25.9 Å². The molecule has 12 heteroatoms. The second kappa shape index (κ2) is 16.5. The summed E-state index contributed by atoms with van der Waals surface area (Å²) >= 11 is 13.2. The van der Waals surface area contributed by atoms with Crippen molar-refractivity contribution in [2.75, 3.05) is 13.1 Å². The standard InChI is InChI=1S/C33H32N4O4S4/c1-22(18-24-10-5-3-6-11-24)20-26-30(40)36(32(42)44-26)16-9-14-28(38)34-35-29(39)15-17-37-31(41)27(45-33(37)43)21-23(2)19-25-12-7-4-8-13-25/h3-8,10-13,18-21H,9,14-17H2,1-2H3,(H,34,38)(H,35,39)/b22-18+,23-19+,26-20-,27-21+. The van der Waals surface area contributed by atoms with Crippen LogP contribution in [0.25, 0.3) is 12.2 Å². The van der Waals surface area contributed by atoms with Crippen molar-refractivity contribution in [2.45, 2.75) is 33.1 Å². The minimum atomic E-state index is -0.456. The summed E-state index contributed by atoms with van der Waals surface area (Å²) in [6, 6.07) is 19.6. The first-order valence-corrected chi connectivity index (χ1v) is 16.6. The third-order valence-electron chi connectivity index (χ3n) is 6.54. The Bertz CT molecular complexity index is 1620. The van der Waals surface area contributed by atoms with Crippen LogP contribution in [-0.4, -0.2) is 55.2 Å². The van der Waals surface area contributed by atoms with Gasteiger partial charge in [0.25, 0.3) is 11.8 Å². The smallest absolute Gasteiger partial charge is 0.266 e. The quantitative estimate of drug-likeness (QED) is 0.170. The maximum absolute atomic E-state index is 12.9. The SMILES string of the molecule is CC(/C=C1\SC(=S)N(CCCC(=O)NNC(=O)CCN2C(=O)/C(=C\C(C)=C\c3ccccc3)SC2=S)C1=O)=C\c1ccccc1. The summed E-state index contributed by atoms with van der Waals surface area (Å²) in [6.07, 6.45) is 7.97. The molecular formula is C33H32N4O4S4. The highest BCUT2D eigenvalue weighted by molar-refractivity contribution is 8.27. The van der Waals surface area contributed by atoms with Gasteiger partial charge in [-0.2, -0.15) is 0 Å². The second-order valence-corrected chi connectivity index (χ2v) is 13.6. The highest BCUT2D eigenvalue weighted by Crippen LogP contribution is 2.33. The lowest BCUT2D eigenvalue weighted by atomic mass is 10.1. The molecule has 0 aliphatic carbocycles. The number of carbonyl (C=O) groups is 4. The van der Waals surface area contributed by atoms with E-state index in [1.165, 1.54) is 33.3 Å². The lowest BCUT2D eigenvalue weighted by molar-refractivity contribution is -0.129. The molecule has 2 aromatic rings. The van der Waals surface area contributed by atoms with E-state index in [-0.39, 0.29) is 37.7 Å². The molecule has 2 saturated heterocycles. The molecule has 0 bridgehead atoms. The first-order chi connectivity index (χ1) is 21.6. The van der Waals surface area contributed by atoms with Crippen LogP contribution >= 0.6 is 48.0 Å². The molecule has 8 nitrogen and oxygen atoms in total. The fraction of sp³-hybridized carbons (Fsp3) is 0.212. The van der Waals surface area contributed by atoms with E-state index in [0.29, 0.717) is 24.9 Å². The van der Waals surface area contributed by atoms with Gasteiger partial charge in [-0.3, -0.25) is 39.8 Å². The molecule has 0 aromatic heterocycles. The van der Waals surface area contributed by atoms with E-state index in [9.17, 15) is 19.2 Å². The number of nitrogens with zero attached hydrogens (tertiary/aromatic N) is 2. The molecule has 232 valence electrons. The largest absolute Gasteiger partial charge is 0.293 e. The lowest BCUT2D eigenvalue weighted by Gasteiger charge is -2.15. The Labute approximate surface area is 282 Å². The van der Waals surface area contributed by atoms with Crippen molar-refractivity contribution >= 4 is 92.4 Å². The van der Waals surface area contributed by atoms with Crippen molar-refractivity contribution in [3.05, 3.63) is 105 Å². The van der Waals surface area contributed by atoms with Crippen molar-refractivity contribution in [1.29, 1.82) is 0 Å². The molecule has 45 heavy (non-hydrogen) atoms. The molecule has 0 unspecified atom stereocenters. The summed E-state index contributed by atoms with van der Waals surface area (Å²) in [5.74, 6) is -1.30. The molecule has 2 aromatic carbocycles. The van der Waals surface area contributed by atoms with Crippen LogP contribution in [0.2, 0.25) is 0 Å². The second-order valence-electron chi connectivity index (χ2n) is 10.2. The third-order valence-corrected chi connectivity index (χ3v) is 9.30. The maximum Gasteiger partial charge on any atom is 0.266 e. The van der Waals surface area contributed by atoms with Gasteiger partial charge in [0.2, 0.25) is 11.8 Å². The number of benzene rings is 2. The van der Waals surface area contributed by atoms with Crippen LogP contribution in [0.3, 0.4) is 0 Å². The Hall–Kier alpha value is -3.84. The maximum atomic E-state index is 12.9. The predicted molar refractivity (Wildman–Crippen MR) is 190 cm³/mol. The summed E-state index contributed by atoms with van der Waals surface area (Å²) in [4.78, 5) is 54.4. The fourth-order valence-electron chi connectivity index (χ4n) is 4.38. The van der Waals surface area contributed by atoms with Crippen LogP contribution in [0.5, 0.6) is 0 Å². The van der Waals surface area contributed by atoms with E-state index >= 15 is 0 Å². The number of hydrogen-bond acceptors (Lipinski definition) is 8. The van der Waals surface area contributed by atoms with E-state index in [4.69, 9.17) is 24.4 Å². The van der Waals surface area contributed by atoms with Crippen LogP contribution in [0.1, 0.15) is 44.2 Å². The normalized spacial score (nSPS) is 17.6. The van der Waals surface area contributed by atoms with E-state index in [1.807, 2.05) is 92.7 Å². The van der Waals surface area contributed by atoms with Gasteiger partial charge in [-0.25, -0.2) is 0 Å². The number of nitrogens with one attached hydrogen (secondary N) is 2. The van der Waals surface area contributed by atoms with Crippen molar-refractivity contribution in [2.24, 2.45) is 0 Å². The monoisotopic (exact) mass is 676 g/mol. The highest BCUT2D eigenvalue weighted by Gasteiger charge is 2.33. The molecule has 4 rings (SSSR count). The molecule has 2 fully saturated rings. The highest BCUT2D eigenvalue weighted by atomic mass is 32.2. The molecule has 2 N–H and O–H groups in total. The first-order valence-electron chi connectivity index (χ1n) is 14.2. The van der Waals surface area contributed by atoms with Crippen molar-refractivity contribution in [1.82, 2.24) is 20.7 Å². The minimum absolute atomic E-state index is 0.0418. The van der Waals surface area contributed by atoms with Crippen molar-refractivity contribution in [3.63, 3.8) is 0 Å². The predicted octanol–water partition coefficient (Wildman–Crippen LogP) is 6.00. The van der Waals surface area contributed by atoms with Gasteiger partial charge in [0.1, 0.15) is 8.64 Å². The Morgan fingerprint density at radius 3 is 1.58 bits per heavy atom. The van der Waals surface area contributed by atoms with Crippen LogP contribution < -0.4 is 10.9 Å². The number of rotatable bonds is 11. The lowest BCUT2D eigenvalue weighted by Crippen LogP contribution is -2.43. The number of hydrazine groups is 1. The van der Waals surface area contributed by atoms with E-state index in [0.717, 1.165) is 22.3 Å². The number of thiocarbonyl (C=S) groups is 2. The van der Waals surface area contributed by atoms with Crippen LogP contribution in [-0.2, 0) is 19.2 Å². The molecule has 0 saturated carbocycles. The van der Waals surface area contributed by atoms with Gasteiger partial charge in [-0.05, 0) is 54.7 Å². The Kier molecular flexibility index (Phi) is 12.5. The van der Waals surface area contributed by atoms with Gasteiger partial charge in [-0.15, -0.1) is 0 Å². The van der Waals surface area contributed by atoms with E-state index in [2.05, 4.69) is 10.9 Å². The Balaban J connectivity index is 1.17. The van der Waals surface area contributed by atoms with Crippen molar-refractivity contribution < 1.29 is 19.2 Å². The molecule has 4 amide bonds. The Morgan fingerprint density at radius 1 is 0.689 bits per heavy atom. The summed E-state index contributed by atoms with van der Waals surface area (Å²) in [5.41, 5.74) is 8.65. The fourth-order valence-corrected chi connectivity index (χ4v) is 7.10. The molecule has 2 heterocycles. The topological polar surface area (TPSA) is 98.8 Å². The first kappa shape index (κ1) is 34.0. The number of allylic oxidation sites excluding steroid dienone is 4. The number of thioether (sulfide) groups is 2. The van der Waals surface area contributed by atoms with Gasteiger partial charge in [-0.1, -0.05) is 121 Å². The molecule has 0 spiro atoms. The zero-order valence-electron chi connectivity index (χ0n) is 24.8. The average molecular weight is 677 g/mol. The van der Waals surface area contributed by atoms with E-state index < -0.39 is 11.8 Å². The molecule has 0 radical (unpaired) electrons. The van der Waals surface area contributed by atoms with Crippen LogP contribution in [0, 0.1) is 0 Å². The van der Waals surface area contributed by atoms with Gasteiger partial charge < -0.3 is 0 Å². The summed E-state index contributed by atoms with van der Waals surface area (Å²) in [7, 11) is 0. The molecule has 2 aliphatic heterocycles. The number of carbonyl (C=O) groups excluding carboxylic acids is 4. The van der Waals surface area contributed by atoms with Crippen LogP contribution in [0.4, 0.5) is 0 Å². The Morgan fingerprint density at radius 2 is 1.11 bits per heavy atom. The van der Waals surface area contributed by atoms with Gasteiger partial charge >= 0.3 is 0 Å². The zero-order chi connectivity index (χ0) is 32.3. The number of hydrogen-bond donors (Lipinski definition) is 2. The summed E-state index contributed by atoms with van der Waals surface area (Å²) < 4.78 is 0.823. The molecule has 0 atom stereocenters. The summed E-state index contributed by atoms with van der Waals surface area (Å²) in [6.45, 7) is 4.21. The third kappa shape index (κ3) is 10.1. The van der Waals surface area contributed by atoms with E-state index in [1.54, 1.807) is 6.08 Å². The van der Waals surface area contributed by atoms with Crippen molar-refractivity contribution in [3.8, 4) is 0 Å². The number of amides is 4. The summed E-state index contributed by atoms with van der Waals surface area (Å²) in [5, 5.41) is 0. The van der Waals surface area contributed by atoms with Gasteiger partial charge in [0.15, 0.2) is 0 Å². The van der Waals surface area contributed by atoms with Crippen LogP contribution in [0.15, 0.2) is 93.8 Å². The minimum Gasteiger partial charge on any atom is -0.293 e. The zero-order valence-corrected chi connectivity index (χ0v) is 28.0. The van der Waals surface area contributed by atoms with Gasteiger partial charge in [0.05, 0.1) is 9.81 Å². The average Bonchev–Trinajstić information content (AvgIpc) is 3.43.